The predicted octanol–water partition coefficient (Wildman–Crippen LogP) is 4.16. The molecule has 0 radical (unpaired) electrons. The molecular formula is C23H24Cl2N2O4. The van der Waals surface area contributed by atoms with Crippen molar-refractivity contribution in [2.75, 3.05) is 19.8 Å². The lowest BCUT2D eigenvalue weighted by Gasteiger charge is -2.21. The van der Waals surface area contributed by atoms with Gasteiger partial charge in [0.1, 0.15) is 12.4 Å². The molecule has 2 N–H and O–H groups in total. The molecule has 0 spiro atoms. The first-order valence-corrected chi connectivity index (χ1v) is 10.6. The quantitative estimate of drug-likeness (QED) is 0.410. The van der Waals surface area contributed by atoms with Gasteiger partial charge in [0.25, 0.3) is 5.91 Å². The van der Waals surface area contributed by atoms with Crippen LogP contribution in [-0.2, 0) is 16.1 Å². The number of rotatable bonds is 10. The molecule has 2 aromatic rings. The molecule has 3 rings (SSSR count). The van der Waals surface area contributed by atoms with E-state index in [1.807, 2.05) is 12.1 Å². The zero-order valence-corrected chi connectivity index (χ0v) is 18.5. The van der Waals surface area contributed by atoms with Crippen LogP contribution in [0.25, 0.3) is 0 Å². The lowest BCUT2D eigenvalue weighted by atomic mass is 9.96. The Hall–Kier alpha value is -2.54. The maximum Gasteiger partial charge on any atom is 0.252 e. The number of nitrogens with one attached hydrogen (secondary N) is 1. The summed E-state index contributed by atoms with van der Waals surface area (Å²) in [6.45, 7) is 4.70. The number of halogens is 2. The number of carbonyl (C=O) groups is 1. The second kappa shape index (κ2) is 10.7. The Morgan fingerprint density at radius 1 is 1.26 bits per heavy atom. The Morgan fingerprint density at radius 2 is 2.03 bits per heavy atom. The number of hydrogen-bond donors (Lipinski definition) is 2. The van der Waals surface area contributed by atoms with Crippen molar-refractivity contribution in [3.8, 4) is 5.75 Å². The van der Waals surface area contributed by atoms with Crippen molar-refractivity contribution in [3.63, 3.8) is 0 Å². The van der Waals surface area contributed by atoms with E-state index in [-0.39, 0.29) is 19.1 Å². The highest BCUT2D eigenvalue weighted by atomic mass is 35.5. The minimum atomic E-state index is -1.08. The molecule has 6 nitrogen and oxygen atoms in total. The van der Waals surface area contributed by atoms with Crippen LogP contribution in [-0.4, -0.2) is 42.3 Å². The summed E-state index contributed by atoms with van der Waals surface area (Å²) in [6, 6.07) is 12.5. The molecule has 0 aliphatic carbocycles. The summed E-state index contributed by atoms with van der Waals surface area (Å²) < 4.78 is 11.3. The van der Waals surface area contributed by atoms with E-state index in [9.17, 15) is 4.79 Å². The van der Waals surface area contributed by atoms with Crippen LogP contribution >= 0.6 is 23.2 Å². The van der Waals surface area contributed by atoms with Crippen LogP contribution in [0.15, 0.2) is 60.1 Å². The van der Waals surface area contributed by atoms with E-state index in [1.54, 1.807) is 36.4 Å². The van der Waals surface area contributed by atoms with Gasteiger partial charge < -0.3 is 19.9 Å². The molecule has 0 aromatic heterocycles. The average Bonchev–Trinajstić information content (AvgIpc) is 3.21. The van der Waals surface area contributed by atoms with Crippen LogP contribution in [0.3, 0.4) is 0 Å². The minimum Gasteiger partial charge on any atom is -0.494 e. The zero-order chi connectivity index (χ0) is 22.3. The molecule has 164 valence electrons. The first-order valence-electron chi connectivity index (χ1n) is 9.87. The minimum absolute atomic E-state index is 0.0846. The molecular weight excluding hydrogens is 439 g/mol. The number of hydrogen-bond acceptors (Lipinski definition) is 5. The Kier molecular flexibility index (Phi) is 7.96. The van der Waals surface area contributed by atoms with Gasteiger partial charge in [-0.2, -0.15) is 0 Å². The summed E-state index contributed by atoms with van der Waals surface area (Å²) in [7, 11) is 0. The second-order valence-corrected chi connectivity index (χ2v) is 7.93. The number of aliphatic hydroxyl groups excluding tert-OH is 1. The highest BCUT2D eigenvalue weighted by molar-refractivity contribution is 6.42. The maximum absolute atomic E-state index is 13.0. The van der Waals surface area contributed by atoms with E-state index < -0.39 is 5.54 Å². The number of aliphatic hydroxyl groups is 1. The van der Waals surface area contributed by atoms with Gasteiger partial charge in [0, 0.05) is 31.6 Å². The second-order valence-electron chi connectivity index (χ2n) is 7.11. The fourth-order valence-corrected chi connectivity index (χ4v) is 3.41. The van der Waals surface area contributed by atoms with Crippen molar-refractivity contribution in [1.82, 2.24) is 5.32 Å². The Morgan fingerprint density at radius 3 is 2.71 bits per heavy atom. The SMILES string of the molecule is C=CC[C@]1(C(=O)NCc2ccc(Cl)c(Cl)c2)COC(c2ccc(OCCCO)cc2)=N1. The van der Waals surface area contributed by atoms with Gasteiger partial charge in [-0.25, -0.2) is 4.99 Å². The first kappa shape index (κ1) is 23.1. The fourth-order valence-electron chi connectivity index (χ4n) is 3.09. The zero-order valence-electron chi connectivity index (χ0n) is 16.9. The van der Waals surface area contributed by atoms with Gasteiger partial charge in [-0.15, -0.1) is 6.58 Å². The van der Waals surface area contributed by atoms with Crippen LogP contribution in [0, 0.1) is 0 Å². The third kappa shape index (κ3) is 5.79. The lowest BCUT2D eigenvalue weighted by molar-refractivity contribution is -0.126. The molecule has 1 atom stereocenters. The molecule has 0 fully saturated rings. The van der Waals surface area contributed by atoms with Gasteiger partial charge in [0.15, 0.2) is 5.54 Å². The van der Waals surface area contributed by atoms with Crippen molar-refractivity contribution in [2.45, 2.75) is 24.9 Å². The van der Waals surface area contributed by atoms with Crippen molar-refractivity contribution >= 4 is 35.0 Å². The van der Waals surface area contributed by atoms with Crippen molar-refractivity contribution in [2.24, 2.45) is 4.99 Å². The van der Waals surface area contributed by atoms with Crippen molar-refractivity contribution in [3.05, 3.63) is 76.3 Å². The van der Waals surface area contributed by atoms with E-state index in [0.29, 0.717) is 47.7 Å². The number of nitrogens with zero attached hydrogens (tertiary/aromatic N) is 1. The smallest absolute Gasteiger partial charge is 0.252 e. The van der Waals surface area contributed by atoms with E-state index in [1.165, 1.54) is 0 Å². The van der Waals surface area contributed by atoms with Crippen LogP contribution in [0.4, 0.5) is 0 Å². The molecule has 0 saturated heterocycles. The number of benzene rings is 2. The largest absolute Gasteiger partial charge is 0.494 e. The summed E-state index contributed by atoms with van der Waals surface area (Å²) >= 11 is 12.0. The van der Waals surface area contributed by atoms with Gasteiger partial charge in [-0.1, -0.05) is 35.3 Å². The highest BCUT2D eigenvalue weighted by Gasteiger charge is 2.43. The third-order valence-electron chi connectivity index (χ3n) is 4.78. The molecule has 1 heterocycles. The summed E-state index contributed by atoms with van der Waals surface area (Å²) in [5, 5.41) is 12.6. The van der Waals surface area contributed by atoms with Crippen LogP contribution in [0.2, 0.25) is 10.0 Å². The summed E-state index contributed by atoms with van der Waals surface area (Å²) in [5.41, 5.74) is 0.498. The molecule has 0 bridgehead atoms. The van der Waals surface area contributed by atoms with Crippen molar-refractivity contribution < 1.29 is 19.4 Å². The normalized spacial score (nSPS) is 17.6. The molecule has 2 aromatic carbocycles. The van der Waals surface area contributed by atoms with Crippen LogP contribution in [0.5, 0.6) is 5.75 Å². The monoisotopic (exact) mass is 462 g/mol. The Balaban J connectivity index is 1.70. The average molecular weight is 463 g/mol. The Bertz CT molecular complexity index is 963. The van der Waals surface area contributed by atoms with Crippen LogP contribution in [0.1, 0.15) is 24.0 Å². The maximum atomic E-state index is 13.0. The Labute approximate surface area is 191 Å². The lowest BCUT2D eigenvalue weighted by Crippen LogP contribution is -2.46. The molecule has 1 aliphatic rings. The van der Waals surface area contributed by atoms with Gasteiger partial charge in [-0.3, -0.25) is 4.79 Å². The standard InChI is InChI=1S/C23H24Cl2N2O4/c1-2-10-23(22(29)26-14-16-4-9-19(24)20(25)13-16)15-31-21(27-23)17-5-7-18(8-6-17)30-12-3-11-28/h2,4-9,13,28H,1,3,10-12,14-15H2,(H,26,29)/t23-/m1/s1. The molecule has 0 unspecified atom stereocenters. The van der Waals surface area contributed by atoms with Gasteiger partial charge >= 0.3 is 0 Å². The molecule has 8 heteroatoms. The van der Waals surface area contributed by atoms with Crippen molar-refractivity contribution in [1.29, 1.82) is 0 Å². The fraction of sp³-hybridized carbons (Fsp3) is 0.304. The third-order valence-corrected chi connectivity index (χ3v) is 5.52. The van der Waals surface area contributed by atoms with E-state index in [4.69, 9.17) is 37.8 Å². The summed E-state index contributed by atoms with van der Waals surface area (Å²) in [6.07, 6.45) is 2.57. The van der Waals surface area contributed by atoms with E-state index in [0.717, 1.165) is 11.1 Å². The van der Waals surface area contributed by atoms with Crippen LogP contribution < -0.4 is 10.1 Å². The van der Waals surface area contributed by atoms with Gasteiger partial charge in [-0.05, 0) is 42.0 Å². The molecule has 1 amide bonds. The number of amides is 1. The topological polar surface area (TPSA) is 80.2 Å². The number of aliphatic imine (C=N–C) groups is 1. The van der Waals surface area contributed by atoms with E-state index in [2.05, 4.69) is 16.9 Å². The number of ether oxygens (including phenoxy) is 2. The van der Waals surface area contributed by atoms with E-state index >= 15 is 0 Å². The summed E-state index contributed by atoms with van der Waals surface area (Å²) in [5.74, 6) is 0.832. The summed E-state index contributed by atoms with van der Waals surface area (Å²) in [4.78, 5) is 17.6. The van der Waals surface area contributed by atoms with Gasteiger partial charge in [0.2, 0.25) is 5.90 Å². The number of carbonyl (C=O) groups excluding carboxylic acids is 1. The highest BCUT2D eigenvalue weighted by Crippen LogP contribution is 2.28. The first-order chi connectivity index (χ1) is 15.0. The van der Waals surface area contributed by atoms with Gasteiger partial charge in [0.05, 0.1) is 16.7 Å². The molecule has 1 aliphatic heterocycles. The molecule has 0 saturated carbocycles. The predicted molar refractivity (Wildman–Crippen MR) is 122 cm³/mol. The molecule has 31 heavy (non-hydrogen) atoms.